The molecule has 0 saturated carbocycles. The van der Waals surface area contributed by atoms with Crippen molar-refractivity contribution in [2.75, 3.05) is 0 Å². The average molecular weight is 275 g/mol. The molecule has 0 aliphatic heterocycles. The van der Waals surface area contributed by atoms with Crippen LogP contribution in [0.4, 0.5) is 4.39 Å². The van der Waals surface area contributed by atoms with Crippen molar-refractivity contribution in [1.29, 1.82) is 0 Å². The molecule has 2 nitrogen and oxygen atoms in total. The highest BCUT2D eigenvalue weighted by atomic mass is 35.5. The van der Waals surface area contributed by atoms with Crippen molar-refractivity contribution >= 4 is 28.5 Å². The minimum absolute atomic E-state index is 0.226. The molecule has 17 heavy (non-hydrogen) atoms. The Morgan fingerprint density at radius 2 is 2.12 bits per heavy atom. The Labute approximate surface area is 110 Å². The van der Waals surface area contributed by atoms with E-state index in [-0.39, 0.29) is 11.4 Å². The molecule has 0 bridgehead atoms. The monoisotopic (exact) mass is 274 g/mol. The van der Waals surface area contributed by atoms with E-state index < -0.39 is 0 Å². The number of nitrogens with two attached hydrogens (primary N) is 1. The van der Waals surface area contributed by atoms with Crippen molar-refractivity contribution in [3.8, 4) is 0 Å². The molecular formula is C12H16ClFN2S. The first-order valence-electron chi connectivity index (χ1n) is 5.20. The van der Waals surface area contributed by atoms with Crippen LogP contribution in [0.2, 0.25) is 5.02 Å². The molecule has 1 rings (SSSR count). The summed E-state index contributed by atoms with van der Waals surface area (Å²) in [6.45, 7) is 5.86. The van der Waals surface area contributed by atoms with Crippen LogP contribution in [0.1, 0.15) is 26.3 Å². The highest BCUT2D eigenvalue weighted by Crippen LogP contribution is 2.24. The van der Waals surface area contributed by atoms with Crippen molar-refractivity contribution in [2.45, 2.75) is 32.1 Å². The van der Waals surface area contributed by atoms with Gasteiger partial charge in [0.05, 0.1) is 5.54 Å². The van der Waals surface area contributed by atoms with Gasteiger partial charge in [0, 0.05) is 16.3 Å². The molecule has 1 aromatic rings. The predicted molar refractivity (Wildman–Crippen MR) is 74.1 cm³/mol. The van der Waals surface area contributed by atoms with E-state index in [1.165, 1.54) is 17.8 Å². The zero-order valence-corrected chi connectivity index (χ0v) is 11.7. The molecule has 0 unspecified atom stereocenters. The van der Waals surface area contributed by atoms with Gasteiger partial charge in [-0.2, -0.15) is 0 Å². The third-order valence-corrected chi connectivity index (χ3v) is 3.05. The number of aliphatic imine (C=N–C) groups is 1. The largest absolute Gasteiger partial charge is 0.379 e. The SMILES string of the molecule is CC(C)(C)N=C(N)SCc1c(F)cccc1Cl. The van der Waals surface area contributed by atoms with Gasteiger partial charge >= 0.3 is 0 Å². The standard InChI is InChI=1S/C12H16ClFN2S/c1-12(2,3)16-11(15)17-7-8-9(13)5-4-6-10(8)14/h4-6H,7H2,1-3H3,(H2,15,16). The summed E-state index contributed by atoms with van der Waals surface area (Å²) in [5, 5.41) is 0.859. The van der Waals surface area contributed by atoms with E-state index in [2.05, 4.69) is 4.99 Å². The van der Waals surface area contributed by atoms with Crippen LogP contribution in [0, 0.1) is 5.82 Å². The van der Waals surface area contributed by atoms with Crippen LogP contribution < -0.4 is 5.73 Å². The fourth-order valence-corrected chi connectivity index (χ4v) is 2.41. The molecule has 0 spiro atoms. The highest BCUT2D eigenvalue weighted by Gasteiger charge is 2.11. The van der Waals surface area contributed by atoms with E-state index in [9.17, 15) is 4.39 Å². The number of hydrogen-bond donors (Lipinski definition) is 1. The zero-order valence-electron chi connectivity index (χ0n) is 10.1. The molecule has 0 atom stereocenters. The fraction of sp³-hybridized carbons (Fsp3) is 0.417. The lowest BCUT2D eigenvalue weighted by molar-refractivity contribution is 0.585. The third-order valence-electron chi connectivity index (χ3n) is 1.87. The number of benzene rings is 1. The van der Waals surface area contributed by atoms with Gasteiger partial charge in [-0.1, -0.05) is 29.4 Å². The van der Waals surface area contributed by atoms with Gasteiger partial charge in [0.25, 0.3) is 0 Å². The highest BCUT2D eigenvalue weighted by molar-refractivity contribution is 8.13. The molecule has 0 aromatic heterocycles. The van der Waals surface area contributed by atoms with Crippen LogP contribution >= 0.6 is 23.4 Å². The Hall–Kier alpha value is -0.740. The van der Waals surface area contributed by atoms with Gasteiger partial charge < -0.3 is 5.73 Å². The molecule has 94 valence electrons. The van der Waals surface area contributed by atoms with Crippen LogP contribution in [0.25, 0.3) is 0 Å². The quantitative estimate of drug-likeness (QED) is 0.658. The zero-order chi connectivity index (χ0) is 13.1. The number of amidine groups is 1. The molecule has 0 aliphatic carbocycles. The van der Waals surface area contributed by atoms with Gasteiger partial charge in [-0.05, 0) is 32.9 Å². The summed E-state index contributed by atoms with van der Waals surface area (Å²) in [4.78, 5) is 4.28. The van der Waals surface area contributed by atoms with E-state index >= 15 is 0 Å². The minimum Gasteiger partial charge on any atom is -0.379 e. The van der Waals surface area contributed by atoms with Crippen molar-refractivity contribution in [2.24, 2.45) is 10.7 Å². The first-order valence-corrected chi connectivity index (χ1v) is 6.57. The second kappa shape index (κ2) is 5.74. The Kier molecular flexibility index (Phi) is 4.83. The van der Waals surface area contributed by atoms with Gasteiger partial charge in [0.2, 0.25) is 0 Å². The third kappa shape index (κ3) is 4.96. The summed E-state index contributed by atoms with van der Waals surface area (Å²) >= 11 is 7.20. The topological polar surface area (TPSA) is 38.4 Å². The molecule has 0 fully saturated rings. The van der Waals surface area contributed by atoms with Crippen molar-refractivity contribution in [3.63, 3.8) is 0 Å². The van der Waals surface area contributed by atoms with E-state index in [1.54, 1.807) is 12.1 Å². The van der Waals surface area contributed by atoms with Crippen LogP contribution in [0.3, 0.4) is 0 Å². The van der Waals surface area contributed by atoms with Crippen molar-refractivity contribution in [3.05, 3.63) is 34.6 Å². The van der Waals surface area contributed by atoms with Gasteiger partial charge in [0.1, 0.15) is 5.82 Å². The average Bonchev–Trinajstić information content (AvgIpc) is 2.14. The van der Waals surface area contributed by atoms with E-state index in [0.717, 1.165) is 0 Å². The summed E-state index contributed by atoms with van der Waals surface area (Å²) in [5.41, 5.74) is 5.99. The number of halogens is 2. The van der Waals surface area contributed by atoms with Gasteiger partial charge in [0.15, 0.2) is 5.17 Å². The summed E-state index contributed by atoms with van der Waals surface area (Å²) in [5.74, 6) is 0.0743. The van der Waals surface area contributed by atoms with E-state index in [0.29, 0.717) is 21.5 Å². The fourth-order valence-electron chi connectivity index (χ4n) is 1.18. The van der Waals surface area contributed by atoms with Crippen molar-refractivity contribution in [1.82, 2.24) is 0 Å². The second-order valence-electron chi connectivity index (χ2n) is 4.61. The Morgan fingerprint density at radius 1 is 1.47 bits per heavy atom. The van der Waals surface area contributed by atoms with Crippen LogP contribution in [0.15, 0.2) is 23.2 Å². The molecule has 0 amide bonds. The lowest BCUT2D eigenvalue weighted by atomic mass is 10.1. The molecule has 5 heteroatoms. The second-order valence-corrected chi connectivity index (χ2v) is 6.01. The van der Waals surface area contributed by atoms with E-state index in [4.69, 9.17) is 17.3 Å². The first kappa shape index (κ1) is 14.3. The Morgan fingerprint density at radius 3 is 2.65 bits per heavy atom. The van der Waals surface area contributed by atoms with Gasteiger partial charge in [-0.25, -0.2) is 4.39 Å². The summed E-state index contributed by atoms with van der Waals surface area (Å²) in [7, 11) is 0. The Bertz CT molecular complexity index is 407. The molecule has 2 N–H and O–H groups in total. The minimum atomic E-state index is -0.312. The van der Waals surface area contributed by atoms with Crippen molar-refractivity contribution < 1.29 is 4.39 Å². The maximum Gasteiger partial charge on any atom is 0.154 e. The molecule has 1 aromatic carbocycles. The van der Waals surface area contributed by atoms with Crippen LogP contribution in [-0.4, -0.2) is 10.7 Å². The molecular weight excluding hydrogens is 259 g/mol. The number of thioether (sulfide) groups is 1. The van der Waals surface area contributed by atoms with E-state index in [1.807, 2.05) is 20.8 Å². The number of nitrogens with zero attached hydrogens (tertiary/aromatic N) is 1. The number of rotatable bonds is 2. The molecule has 0 aliphatic rings. The van der Waals surface area contributed by atoms with Gasteiger partial charge in [-0.15, -0.1) is 0 Å². The van der Waals surface area contributed by atoms with Gasteiger partial charge in [-0.3, -0.25) is 4.99 Å². The first-order chi connectivity index (χ1) is 7.79. The normalized spacial score (nSPS) is 12.9. The number of hydrogen-bond acceptors (Lipinski definition) is 2. The Balaban J connectivity index is 2.72. The lowest BCUT2D eigenvalue weighted by Crippen LogP contribution is -2.18. The lowest BCUT2D eigenvalue weighted by Gasteiger charge is -2.13. The van der Waals surface area contributed by atoms with Crippen LogP contribution in [-0.2, 0) is 5.75 Å². The summed E-state index contributed by atoms with van der Waals surface area (Å²) in [6.07, 6.45) is 0. The molecule has 0 saturated heterocycles. The maximum atomic E-state index is 13.5. The summed E-state index contributed by atoms with van der Waals surface area (Å²) in [6, 6.07) is 4.63. The predicted octanol–water partition coefficient (Wildman–Crippen LogP) is 3.83. The maximum absolute atomic E-state index is 13.5. The summed E-state index contributed by atoms with van der Waals surface area (Å²) < 4.78 is 13.5. The van der Waals surface area contributed by atoms with Crippen LogP contribution in [0.5, 0.6) is 0 Å². The molecule has 0 radical (unpaired) electrons. The smallest absolute Gasteiger partial charge is 0.154 e. The molecule has 0 heterocycles.